The Hall–Kier alpha value is -2.49. The van der Waals surface area contributed by atoms with Crippen molar-refractivity contribution in [1.82, 2.24) is 0 Å². The summed E-state index contributed by atoms with van der Waals surface area (Å²) in [6.07, 6.45) is 0.261. The Morgan fingerprint density at radius 3 is 2.60 bits per heavy atom. The Balaban J connectivity index is 2.05. The summed E-state index contributed by atoms with van der Waals surface area (Å²) in [5.41, 5.74) is 1.29. The molecule has 0 saturated carbocycles. The predicted octanol–water partition coefficient (Wildman–Crippen LogP) is 3.06. The molecule has 20 heavy (non-hydrogen) atoms. The first-order valence-electron chi connectivity index (χ1n) is 6.36. The molecule has 1 aliphatic heterocycles. The second-order valence-electron chi connectivity index (χ2n) is 4.66. The zero-order valence-electron chi connectivity index (χ0n) is 10.7. The van der Waals surface area contributed by atoms with Crippen molar-refractivity contribution in [3.05, 3.63) is 65.5 Å². The van der Waals surface area contributed by atoms with Gasteiger partial charge < -0.3 is 4.90 Å². The van der Waals surface area contributed by atoms with Crippen molar-refractivity contribution in [2.75, 3.05) is 11.4 Å². The molecule has 0 aliphatic carbocycles. The lowest BCUT2D eigenvalue weighted by Crippen LogP contribution is -2.37. The standard InChI is InChI=1S/C16H12FNO2/c17-12-6-7-13-14(10-12)18(9-8-15(13)19)16(20)11-4-2-1-3-5-11/h1-7,10H,8-9H2. The van der Waals surface area contributed by atoms with Crippen LogP contribution in [0.5, 0.6) is 0 Å². The van der Waals surface area contributed by atoms with Crippen LogP contribution in [0.25, 0.3) is 0 Å². The van der Waals surface area contributed by atoms with Gasteiger partial charge in [-0.15, -0.1) is 0 Å². The van der Waals surface area contributed by atoms with E-state index in [1.165, 1.54) is 23.1 Å². The number of ketones is 1. The molecule has 100 valence electrons. The summed E-state index contributed by atoms with van der Waals surface area (Å²) in [5.74, 6) is -0.730. The van der Waals surface area contributed by atoms with Gasteiger partial charge in [0.2, 0.25) is 0 Å². The van der Waals surface area contributed by atoms with Crippen LogP contribution in [0.15, 0.2) is 48.5 Å². The summed E-state index contributed by atoms with van der Waals surface area (Å²) in [7, 11) is 0. The number of benzene rings is 2. The lowest BCUT2D eigenvalue weighted by Gasteiger charge is -2.28. The number of hydrogen-bond donors (Lipinski definition) is 0. The average molecular weight is 269 g/mol. The van der Waals surface area contributed by atoms with Crippen LogP contribution in [0.4, 0.5) is 10.1 Å². The Kier molecular flexibility index (Phi) is 3.06. The Morgan fingerprint density at radius 2 is 1.85 bits per heavy atom. The third-order valence-corrected chi connectivity index (χ3v) is 3.38. The number of carbonyl (C=O) groups excluding carboxylic acids is 2. The first-order valence-corrected chi connectivity index (χ1v) is 6.36. The highest BCUT2D eigenvalue weighted by Crippen LogP contribution is 2.29. The van der Waals surface area contributed by atoms with Crippen LogP contribution < -0.4 is 4.90 Å². The molecule has 1 heterocycles. The van der Waals surface area contributed by atoms with Crippen LogP contribution in [-0.2, 0) is 0 Å². The van der Waals surface area contributed by atoms with Crippen LogP contribution in [0.3, 0.4) is 0 Å². The summed E-state index contributed by atoms with van der Waals surface area (Å²) in [5, 5.41) is 0. The van der Waals surface area contributed by atoms with E-state index in [2.05, 4.69) is 0 Å². The summed E-state index contributed by atoms with van der Waals surface area (Å²) in [4.78, 5) is 25.8. The highest BCUT2D eigenvalue weighted by Gasteiger charge is 2.28. The zero-order valence-corrected chi connectivity index (χ0v) is 10.7. The molecule has 0 N–H and O–H groups in total. The van der Waals surface area contributed by atoms with Crippen LogP contribution >= 0.6 is 0 Å². The lowest BCUT2D eigenvalue weighted by atomic mass is 9.99. The fraction of sp³-hybridized carbons (Fsp3) is 0.125. The summed E-state index contributed by atoms with van der Waals surface area (Å²) in [6.45, 7) is 0.281. The second-order valence-corrected chi connectivity index (χ2v) is 4.66. The van der Waals surface area contributed by atoms with Crippen molar-refractivity contribution in [2.24, 2.45) is 0 Å². The largest absolute Gasteiger partial charge is 0.307 e. The van der Waals surface area contributed by atoms with Gasteiger partial charge in [-0.25, -0.2) is 4.39 Å². The Bertz CT molecular complexity index is 682. The Morgan fingerprint density at radius 1 is 1.10 bits per heavy atom. The minimum absolute atomic E-state index is 0.0582. The topological polar surface area (TPSA) is 37.4 Å². The number of Topliss-reactive ketones (excluding diaryl/α,β-unsaturated/α-hetero) is 1. The highest BCUT2D eigenvalue weighted by molar-refractivity contribution is 6.13. The maximum Gasteiger partial charge on any atom is 0.258 e. The van der Waals surface area contributed by atoms with Gasteiger partial charge in [0.1, 0.15) is 5.82 Å². The lowest BCUT2D eigenvalue weighted by molar-refractivity contribution is 0.0955. The van der Waals surface area contributed by atoms with Gasteiger partial charge in [-0.2, -0.15) is 0 Å². The maximum atomic E-state index is 13.4. The van der Waals surface area contributed by atoms with Crippen LogP contribution in [0.1, 0.15) is 27.1 Å². The molecule has 0 aromatic heterocycles. The van der Waals surface area contributed by atoms with Crippen LogP contribution in [0, 0.1) is 5.82 Å². The number of nitrogens with zero attached hydrogens (tertiary/aromatic N) is 1. The number of anilines is 1. The van der Waals surface area contributed by atoms with E-state index in [-0.39, 0.29) is 24.7 Å². The summed E-state index contributed by atoms with van der Waals surface area (Å²) < 4.78 is 13.4. The molecule has 0 saturated heterocycles. The van der Waals surface area contributed by atoms with Crippen molar-refractivity contribution in [3.63, 3.8) is 0 Å². The van der Waals surface area contributed by atoms with Crippen molar-refractivity contribution in [2.45, 2.75) is 6.42 Å². The molecule has 0 spiro atoms. The van der Waals surface area contributed by atoms with Crippen molar-refractivity contribution in [1.29, 1.82) is 0 Å². The van der Waals surface area contributed by atoms with Gasteiger partial charge in [-0.05, 0) is 30.3 Å². The molecule has 3 rings (SSSR count). The van der Waals surface area contributed by atoms with E-state index in [4.69, 9.17) is 0 Å². The number of rotatable bonds is 1. The molecule has 1 amide bonds. The smallest absolute Gasteiger partial charge is 0.258 e. The van der Waals surface area contributed by atoms with E-state index < -0.39 is 5.82 Å². The van der Waals surface area contributed by atoms with Crippen LogP contribution in [-0.4, -0.2) is 18.2 Å². The first kappa shape index (κ1) is 12.5. The minimum atomic E-state index is -0.454. The highest BCUT2D eigenvalue weighted by atomic mass is 19.1. The molecule has 3 nitrogen and oxygen atoms in total. The Labute approximate surface area is 115 Å². The fourth-order valence-electron chi connectivity index (χ4n) is 2.38. The molecule has 2 aromatic rings. The predicted molar refractivity (Wildman–Crippen MR) is 73.5 cm³/mol. The number of amides is 1. The quantitative estimate of drug-likeness (QED) is 0.798. The molecule has 4 heteroatoms. The summed E-state index contributed by atoms with van der Waals surface area (Å²) in [6, 6.07) is 12.7. The third-order valence-electron chi connectivity index (χ3n) is 3.38. The molecular formula is C16H12FNO2. The van der Waals surface area contributed by atoms with Crippen molar-refractivity contribution in [3.8, 4) is 0 Å². The van der Waals surface area contributed by atoms with Crippen molar-refractivity contribution >= 4 is 17.4 Å². The summed E-state index contributed by atoms with van der Waals surface area (Å²) >= 11 is 0. The van der Waals surface area contributed by atoms with Gasteiger partial charge in [0.25, 0.3) is 5.91 Å². The van der Waals surface area contributed by atoms with Gasteiger partial charge >= 0.3 is 0 Å². The molecule has 0 atom stereocenters. The minimum Gasteiger partial charge on any atom is -0.307 e. The van der Waals surface area contributed by atoms with Gasteiger partial charge in [-0.3, -0.25) is 9.59 Å². The number of carbonyl (C=O) groups is 2. The number of hydrogen-bond acceptors (Lipinski definition) is 2. The zero-order chi connectivity index (χ0) is 14.1. The van der Waals surface area contributed by atoms with Gasteiger partial charge in [0.15, 0.2) is 5.78 Å². The third kappa shape index (κ3) is 2.09. The van der Waals surface area contributed by atoms with E-state index in [1.54, 1.807) is 24.3 Å². The van der Waals surface area contributed by atoms with Gasteiger partial charge in [0, 0.05) is 24.1 Å². The fourth-order valence-corrected chi connectivity index (χ4v) is 2.38. The second kappa shape index (κ2) is 4.89. The van der Waals surface area contributed by atoms with E-state index in [9.17, 15) is 14.0 Å². The van der Waals surface area contributed by atoms with E-state index in [0.29, 0.717) is 16.8 Å². The van der Waals surface area contributed by atoms with E-state index in [1.807, 2.05) is 6.07 Å². The van der Waals surface area contributed by atoms with Crippen LogP contribution in [0.2, 0.25) is 0 Å². The monoisotopic (exact) mass is 269 g/mol. The molecule has 0 unspecified atom stereocenters. The molecular weight excluding hydrogens is 257 g/mol. The molecule has 0 fully saturated rings. The van der Waals surface area contributed by atoms with Gasteiger partial charge in [0.05, 0.1) is 5.69 Å². The maximum absolute atomic E-state index is 13.4. The number of fused-ring (bicyclic) bond motifs is 1. The first-order chi connectivity index (χ1) is 9.66. The molecule has 0 bridgehead atoms. The van der Waals surface area contributed by atoms with E-state index in [0.717, 1.165) is 0 Å². The normalized spacial score (nSPS) is 14.1. The van der Waals surface area contributed by atoms with Crippen molar-refractivity contribution < 1.29 is 14.0 Å². The van der Waals surface area contributed by atoms with Gasteiger partial charge in [-0.1, -0.05) is 18.2 Å². The average Bonchev–Trinajstić information content (AvgIpc) is 2.48. The molecule has 1 aliphatic rings. The molecule has 2 aromatic carbocycles. The number of halogens is 1. The SMILES string of the molecule is O=C1CCN(C(=O)c2ccccc2)c2cc(F)ccc21. The molecule has 0 radical (unpaired) electrons. The van der Waals surface area contributed by atoms with E-state index >= 15 is 0 Å².